The van der Waals surface area contributed by atoms with Gasteiger partial charge < -0.3 is 11.1 Å². The quantitative estimate of drug-likeness (QED) is 0.893. The van der Waals surface area contributed by atoms with Gasteiger partial charge in [0.15, 0.2) is 0 Å². The first-order valence-electron chi connectivity index (χ1n) is 8.33. The molecule has 2 fully saturated rings. The molecular weight excluding hydrogens is 324 g/mol. The number of nitrogens with zero attached hydrogens (tertiary/aromatic N) is 2. The van der Waals surface area contributed by atoms with E-state index in [4.69, 9.17) is 5.73 Å². The van der Waals surface area contributed by atoms with Gasteiger partial charge in [-0.1, -0.05) is 12.1 Å². The second-order valence-electron chi connectivity index (χ2n) is 6.83. The van der Waals surface area contributed by atoms with Crippen LogP contribution in [0.25, 0.3) is 0 Å². The van der Waals surface area contributed by atoms with Crippen molar-refractivity contribution < 1.29 is 4.79 Å². The van der Waals surface area contributed by atoms with Crippen LogP contribution in [0.4, 0.5) is 5.69 Å². The van der Waals surface area contributed by atoms with Gasteiger partial charge in [0.05, 0.1) is 12.5 Å². The Morgan fingerprint density at radius 2 is 2.00 bits per heavy atom. The van der Waals surface area contributed by atoms with Crippen LogP contribution in [0.5, 0.6) is 0 Å². The lowest BCUT2D eigenvalue weighted by Gasteiger charge is -2.27. The van der Waals surface area contributed by atoms with Crippen molar-refractivity contribution in [3.05, 3.63) is 48.3 Å². The summed E-state index contributed by atoms with van der Waals surface area (Å²) in [6, 6.07) is 9.90. The fourth-order valence-corrected chi connectivity index (χ4v) is 4.22. The van der Waals surface area contributed by atoms with Gasteiger partial charge in [0.2, 0.25) is 5.91 Å². The summed E-state index contributed by atoms with van der Waals surface area (Å²) < 4.78 is 1.88. The van der Waals surface area contributed by atoms with Gasteiger partial charge in [0.1, 0.15) is 0 Å². The number of fused-ring (bicyclic) bond motifs is 2. The first-order chi connectivity index (χ1) is 11.2. The molecule has 24 heavy (non-hydrogen) atoms. The number of benzene rings is 1. The summed E-state index contributed by atoms with van der Waals surface area (Å²) >= 11 is 0. The molecule has 1 aromatic heterocycles. The number of hydrogen-bond donors (Lipinski definition) is 2. The minimum Gasteiger partial charge on any atom is -0.327 e. The molecule has 4 unspecified atom stereocenters. The molecule has 2 aromatic rings. The molecule has 0 aliphatic heterocycles. The molecular formula is C18H23ClN4O. The van der Waals surface area contributed by atoms with Gasteiger partial charge in [-0.15, -0.1) is 12.4 Å². The van der Waals surface area contributed by atoms with Crippen molar-refractivity contribution in [1.29, 1.82) is 0 Å². The van der Waals surface area contributed by atoms with Crippen molar-refractivity contribution in [2.45, 2.75) is 31.8 Å². The van der Waals surface area contributed by atoms with Gasteiger partial charge in [-0.2, -0.15) is 5.10 Å². The number of carbonyl (C=O) groups excluding carboxylic acids is 1. The lowest BCUT2D eigenvalue weighted by molar-refractivity contribution is -0.121. The topological polar surface area (TPSA) is 72.9 Å². The molecule has 0 saturated heterocycles. The standard InChI is InChI=1S/C18H22N4O.ClH/c19-17-14-5-4-13(10-14)16(17)18(23)21-15-6-2-12(3-7-15)11-22-9-1-8-20-22;/h1-3,6-9,13-14,16-17H,4-5,10-11,19H2,(H,21,23);1H. The zero-order chi connectivity index (χ0) is 15.8. The first kappa shape index (κ1) is 17.0. The van der Waals surface area contributed by atoms with Crippen LogP contribution in [0.15, 0.2) is 42.7 Å². The molecule has 4 rings (SSSR count). The van der Waals surface area contributed by atoms with Crippen LogP contribution in [-0.2, 0) is 11.3 Å². The summed E-state index contributed by atoms with van der Waals surface area (Å²) in [5, 5.41) is 7.24. The SMILES string of the molecule is Cl.NC1C2CCC(C2)C1C(=O)Nc1ccc(Cn2cccn2)cc1. The highest BCUT2D eigenvalue weighted by atomic mass is 35.5. The Morgan fingerprint density at radius 1 is 1.25 bits per heavy atom. The number of hydrogen-bond acceptors (Lipinski definition) is 3. The Hall–Kier alpha value is -1.85. The predicted octanol–water partition coefficient (Wildman–Crippen LogP) is 2.67. The van der Waals surface area contributed by atoms with Crippen LogP contribution in [-0.4, -0.2) is 21.7 Å². The van der Waals surface area contributed by atoms with E-state index in [-0.39, 0.29) is 30.3 Å². The lowest BCUT2D eigenvalue weighted by Crippen LogP contribution is -2.42. The Bertz CT molecular complexity index is 684. The van der Waals surface area contributed by atoms with Crippen LogP contribution in [0.1, 0.15) is 24.8 Å². The van der Waals surface area contributed by atoms with Gasteiger partial charge in [0.25, 0.3) is 0 Å². The van der Waals surface area contributed by atoms with E-state index in [2.05, 4.69) is 10.4 Å². The zero-order valence-electron chi connectivity index (χ0n) is 13.5. The minimum atomic E-state index is -0.0162. The molecule has 0 spiro atoms. The van der Waals surface area contributed by atoms with Crippen LogP contribution < -0.4 is 11.1 Å². The van der Waals surface area contributed by atoms with E-state index in [1.807, 2.05) is 41.2 Å². The molecule has 6 heteroatoms. The Morgan fingerprint density at radius 3 is 2.62 bits per heavy atom. The molecule has 4 atom stereocenters. The molecule has 2 aliphatic carbocycles. The first-order valence-corrected chi connectivity index (χ1v) is 8.33. The van der Waals surface area contributed by atoms with Crippen molar-refractivity contribution in [2.24, 2.45) is 23.5 Å². The fraction of sp³-hybridized carbons (Fsp3) is 0.444. The van der Waals surface area contributed by atoms with Crippen molar-refractivity contribution in [2.75, 3.05) is 5.32 Å². The van der Waals surface area contributed by atoms with E-state index >= 15 is 0 Å². The summed E-state index contributed by atoms with van der Waals surface area (Å²) in [6.45, 7) is 0.735. The normalized spacial score (nSPS) is 27.7. The zero-order valence-corrected chi connectivity index (χ0v) is 14.3. The molecule has 2 bridgehead atoms. The third kappa shape index (κ3) is 3.19. The highest BCUT2D eigenvalue weighted by Gasteiger charge is 2.49. The molecule has 128 valence electrons. The fourth-order valence-electron chi connectivity index (χ4n) is 4.22. The highest BCUT2D eigenvalue weighted by molar-refractivity contribution is 5.93. The highest BCUT2D eigenvalue weighted by Crippen LogP contribution is 2.47. The number of carbonyl (C=O) groups is 1. The van der Waals surface area contributed by atoms with Crippen molar-refractivity contribution >= 4 is 24.0 Å². The summed E-state index contributed by atoms with van der Waals surface area (Å²) in [6.07, 6.45) is 7.18. The molecule has 5 nitrogen and oxygen atoms in total. The van der Waals surface area contributed by atoms with Crippen molar-refractivity contribution in [3.8, 4) is 0 Å². The largest absolute Gasteiger partial charge is 0.327 e. The van der Waals surface area contributed by atoms with Gasteiger partial charge >= 0.3 is 0 Å². The van der Waals surface area contributed by atoms with Gasteiger partial charge in [-0.3, -0.25) is 9.48 Å². The molecule has 1 heterocycles. The smallest absolute Gasteiger partial charge is 0.229 e. The maximum Gasteiger partial charge on any atom is 0.229 e. The van der Waals surface area contributed by atoms with Crippen molar-refractivity contribution in [3.63, 3.8) is 0 Å². The average Bonchev–Trinajstić information content (AvgIpc) is 3.26. The number of rotatable bonds is 4. The van der Waals surface area contributed by atoms with Crippen molar-refractivity contribution in [1.82, 2.24) is 9.78 Å². The Kier molecular flexibility index (Phi) is 4.92. The van der Waals surface area contributed by atoms with Crippen LogP contribution >= 0.6 is 12.4 Å². The second kappa shape index (κ2) is 6.95. The second-order valence-corrected chi connectivity index (χ2v) is 6.83. The minimum absolute atomic E-state index is 0. The summed E-state index contributed by atoms with van der Waals surface area (Å²) in [5.74, 6) is 1.10. The third-order valence-corrected chi connectivity index (χ3v) is 5.41. The average molecular weight is 347 g/mol. The Labute approximate surface area is 148 Å². The van der Waals surface area contributed by atoms with E-state index in [1.165, 1.54) is 6.42 Å². The number of aromatic nitrogens is 2. The van der Waals surface area contributed by atoms with E-state index in [0.717, 1.165) is 30.6 Å². The van der Waals surface area contributed by atoms with Gasteiger partial charge in [-0.05, 0) is 54.9 Å². The lowest BCUT2D eigenvalue weighted by atomic mass is 9.84. The molecule has 2 aliphatic rings. The van der Waals surface area contributed by atoms with Crippen LogP contribution in [0.3, 0.4) is 0 Å². The van der Waals surface area contributed by atoms with Gasteiger partial charge in [0, 0.05) is 24.1 Å². The molecule has 0 radical (unpaired) electrons. The number of nitrogens with one attached hydrogen (secondary N) is 1. The molecule has 1 amide bonds. The maximum absolute atomic E-state index is 12.6. The van der Waals surface area contributed by atoms with E-state index in [0.29, 0.717) is 11.8 Å². The summed E-state index contributed by atoms with van der Waals surface area (Å²) in [5.41, 5.74) is 8.25. The van der Waals surface area contributed by atoms with Gasteiger partial charge in [-0.25, -0.2) is 0 Å². The summed E-state index contributed by atoms with van der Waals surface area (Å²) in [7, 11) is 0. The molecule has 3 N–H and O–H groups in total. The van der Waals surface area contributed by atoms with Crippen LogP contribution in [0, 0.1) is 17.8 Å². The number of nitrogens with two attached hydrogens (primary N) is 1. The van der Waals surface area contributed by atoms with Crippen LogP contribution in [0.2, 0.25) is 0 Å². The van der Waals surface area contributed by atoms with E-state index in [9.17, 15) is 4.79 Å². The number of anilines is 1. The Balaban J connectivity index is 0.00000169. The number of amides is 1. The number of halogens is 1. The molecule has 2 saturated carbocycles. The van der Waals surface area contributed by atoms with E-state index in [1.54, 1.807) is 6.20 Å². The maximum atomic E-state index is 12.6. The summed E-state index contributed by atoms with van der Waals surface area (Å²) in [4.78, 5) is 12.6. The van der Waals surface area contributed by atoms with E-state index < -0.39 is 0 Å². The third-order valence-electron chi connectivity index (χ3n) is 5.41. The monoisotopic (exact) mass is 346 g/mol. The molecule has 1 aromatic carbocycles. The predicted molar refractivity (Wildman–Crippen MR) is 95.9 cm³/mol.